The Morgan fingerprint density at radius 2 is 2.00 bits per heavy atom. The summed E-state index contributed by atoms with van der Waals surface area (Å²) in [6.45, 7) is 5.61. The van der Waals surface area contributed by atoms with Gasteiger partial charge >= 0.3 is 0 Å². The van der Waals surface area contributed by atoms with Crippen LogP contribution < -0.4 is 5.32 Å². The van der Waals surface area contributed by atoms with Crippen molar-refractivity contribution in [3.05, 3.63) is 41.6 Å². The van der Waals surface area contributed by atoms with Crippen molar-refractivity contribution in [2.45, 2.75) is 26.9 Å². The van der Waals surface area contributed by atoms with E-state index in [1.165, 1.54) is 0 Å². The van der Waals surface area contributed by atoms with Crippen molar-refractivity contribution in [2.24, 2.45) is 0 Å². The average Bonchev–Trinajstić information content (AvgIpc) is 2.48. The Bertz CT molecular complexity index is 569. The Kier molecular flexibility index (Phi) is 5.07. The highest BCUT2D eigenvalue weighted by atomic mass is 16.5. The summed E-state index contributed by atoms with van der Waals surface area (Å²) in [5, 5.41) is 3.26. The van der Waals surface area contributed by atoms with Gasteiger partial charge in [-0.05, 0) is 25.0 Å². The first-order valence-electron chi connectivity index (χ1n) is 6.96. The zero-order chi connectivity index (χ0) is 14.4. The second-order valence-electron chi connectivity index (χ2n) is 4.59. The number of nitrogens with one attached hydrogen (secondary N) is 1. The van der Waals surface area contributed by atoms with Gasteiger partial charge in [0.25, 0.3) is 0 Å². The second kappa shape index (κ2) is 7.01. The van der Waals surface area contributed by atoms with E-state index in [4.69, 9.17) is 4.74 Å². The third kappa shape index (κ3) is 3.54. The van der Waals surface area contributed by atoms with Crippen LogP contribution in [0.25, 0.3) is 11.4 Å². The molecule has 0 saturated heterocycles. The quantitative estimate of drug-likeness (QED) is 0.875. The van der Waals surface area contributed by atoms with Crippen molar-refractivity contribution in [1.82, 2.24) is 9.97 Å². The minimum absolute atomic E-state index is 0.599. The van der Waals surface area contributed by atoms with Crippen molar-refractivity contribution < 1.29 is 4.74 Å². The molecule has 0 spiro atoms. The monoisotopic (exact) mass is 271 g/mol. The minimum Gasteiger partial charge on any atom is -0.380 e. The number of benzene rings is 1. The van der Waals surface area contributed by atoms with Crippen LogP contribution in [-0.4, -0.2) is 23.6 Å². The molecule has 0 aliphatic carbocycles. The van der Waals surface area contributed by atoms with Crippen LogP contribution in [0.4, 0.5) is 5.82 Å². The molecular weight excluding hydrogens is 250 g/mol. The molecule has 106 valence electrons. The van der Waals surface area contributed by atoms with Crippen LogP contribution in [-0.2, 0) is 17.8 Å². The molecule has 1 heterocycles. The Balaban J connectivity index is 2.39. The maximum atomic E-state index is 5.17. The lowest BCUT2D eigenvalue weighted by atomic mass is 10.1. The van der Waals surface area contributed by atoms with Gasteiger partial charge in [0.2, 0.25) is 0 Å². The van der Waals surface area contributed by atoms with Crippen molar-refractivity contribution in [1.29, 1.82) is 0 Å². The van der Waals surface area contributed by atoms with Crippen LogP contribution in [0.1, 0.15) is 25.1 Å². The van der Waals surface area contributed by atoms with Gasteiger partial charge in [-0.25, -0.2) is 9.97 Å². The number of methoxy groups -OCH3 is 1. The zero-order valence-electron chi connectivity index (χ0n) is 12.3. The number of hydrogen-bond donors (Lipinski definition) is 1. The molecule has 0 amide bonds. The maximum Gasteiger partial charge on any atom is 0.161 e. The first-order chi connectivity index (χ1) is 9.76. The molecule has 2 aromatic rings. The molecule has 0 aliphatic rings. The highest BCUT2D eigenvalue weighted by molar-refractivity contribution is 5.58. The summed E-state index contributed by atoms with van der Waals surface area (Å²) in [6, 6.07) is 10.2. The van der Waals surface area contributed by atoms with Gasteiger partial charge < -0.3 is 10.1 Å². The van der Waals surface area contributed by atoms with Crippen molar-refractivity contribution in [3.8, 4) is 11.4 Å². The fourth-order valence-electron chi connectivity index (χ4n) is 2.05. The maximum absolute atomic E-state index is 5.17. The molecule has 0 fully saturated rings. The number of anilines is 1. The van der Waals surface area contributed by atoms with Crippen LogP contribution in [0.15, 0.2) is 30.3 Å². The molecule has 0 atom stereocenters. The lowest BCUT2D eigenvalue weighted by Crippen LogP contribution is -2.04. The van der Waals surface area contributed by atoms with E-state index >= 15 is 0 Å². The zero-order valence-corrected chi connectivity index (χ0v) is 12.3. The summed E-state index contributed by atoms with van der Waals surface area (Å²) in [5.41, 5.74) is 3.19. The van der Waals surface area contributed by atoms with Crippen molar-refractivity contribution in [3.63, 3.8) is 0 Å². The normalized spacial score (nSPS) is 10.6. The number of aryl methyl sites for hydroxylation is 1. The molecule has 0 radical (unpaired) electrons. The molecule has 1 N–H and O–H groups in total. The number of aromatic nitrogens is 2. The predicted molar refractivity (Wildman–Crippen MR) is 81.7 cm³/mol. The summed E-state index contributed by atoms with van der Waals surface area (Å²) in [5.74, 6) is 1.64. The van der Waals surface area contributed by atoms with E-state index in [1.807, 2.05) is 24.3 Å². The molecule has 2 rings (SSSR count). The van der Waals surface area contributed by atoms with Crippen LogP contribution in [0, 0.1) is 0 Å². The van der Waals surface area contributed by atoms with Gasteiger partial charge in [0.15, 0.2) is 5.82 Å². The number of nitrogens with zero attached hydrogens (tertiary/aromatic N) is 2. The van der Waals surface area contributed by atoms with E-state index in [1.54, 1.807) is 7.11 Å². The second-order valence-corrected chi connectivity index (χ2v) is 4.59. The fourth-order valence-corrected chi connectivity index (χ4v) is 2.05. The largest absolute Gasteiger partial charge is 0.380 e. The summed E-state index contributed by atoms with van der Waals surface area (Å²) in [7, 11) is 1.70. The first kappa shape index (κ1) is 14.5. The van der Waals surface area contributed by atoms with Crippen LogP contribution in [0.2, 0.25) is 0 Å². The number of rotatable bonds is 6. The summed E-state index contributed by atoms with van der Waals surface area (Å²) >= 11 is 0. The standard InChI is InChI=1S/C16H21N3O/c1-4-14-10-15(17-5-2)19-16(18-14)13-8-6-7-12(9-13)11-20-3/h6-10H,4-5,11H2,1-3H3,(H,17,18,19). The first-order valence-corrected chi connectivity index (χ1v) is 6.96. The van der Waals surface area contributed by atoms with E-state index in [0.717, 1.165) is 41.4 Å². The number of hydrogen-bond acceptors (Lipinski definition) is 4. The van der Waals surface area contributed by atoms with E-state index < -0.39 is 0 Å². The van der Waals surface area contributed by atoms with Gasteiger partial charge in [0.05, 0.1) is 6.61 Å². The summed E-state index contributed by atoms with van der Waals surface area (Å²) in [4.78, 5) is 9.19. The summed E-state index contributed by atoms with van der Waals surface area (Å²) in [6.07, 6.45) is 0.895. The van der Waals surface area contributed by atoms with E-state index in [9.17, 15) is 0 Å². The third-order valence-electron chi connectivity index (χ3n) is 3.00. The van der Waals surface area contributed by atoms with Crippen LogP contribution in [0.5, 0.6) is 0 Å². The molecule has 1 aromatic heterocycles. The predicted octanol–water partition coefficient (Wildman–Crippen LogP) is 3.28. The highest BCUT2D eigenvalue weighted by Gasteiger charge is 2.06. The fraction of sp³-hybridized carbons (Fsp3) is 0.375. The lowest BCUT2D eigenvalue weighted by molar-refractivity contribution is 0.185. The Labute approximate surface area is 120 Å². The van der Waals surface area contributed by atoms with Crippen LogP contribution in [0.3, 0.4) is 0 Å². The number of ether oxygens (including phenoxy) is 1. The van der Waals surface area contributed by atoms with Crippen molar-refractivity contribution >= 4 is 5.82 Å². The van der Waals surface area contributed by atoms with Gasteiger partial charge in [0, 0.05) is 31.0 Å². The Hall–Kier alpha value is -1.94. The Morgan fingerprint density at radius 3 is 2.70 bits per heavy atom. The molecule has 0 saturated carbocycles. The Morgan fingerprint density at radius 1 is 1.15 bits per heavy atom. The molecule has 4 nitrogen and oxygen atoms in total. The average molecular weight is 271 g/mol. The molecular formula is C16H21N3O. The molecule has 0 aliphatic heterocycles. The van der Waals surface area contributed by atoms with Gasteiger partial charge in [-0.2, -0.15) is 0 Å². The SMILES string of the molecule is CCNc1cc(CC)nc(-c2cccc(COC)c2)n1. The van der Waals surface area contributed by atoms with Crippen LogP contribution >= 0.6 is 0 Å². The third-order valence-corrected chi connectivity index (χ3v) is 3.00. The molecule has 20 heavy (non-hydrogen) atoms. The minimum atomic E-state index is 0.599. The lowest BCUT2D eigenvalue weighted by Gasteiger charge is -2.09. The summed E-state index contributed by atoms with van der Waals surface area (Å²) < 4.78 is 5.17. The van der Waals surface area contributed by atoms with Gasteiger partial charge in [-0.15, -0.1) is 0 Å². The van der Waals surface area contributed by atoms with Gasteiger partial charge in [-0.1, -0.05) is 25.1 Å². The van der Waals surface area contributed by atoms with Gasteiger partial charge in [0.1, 0.15) is 5.82 Å². The van der Waals surface area contributed by atoms with Gasteiger partial charge in [-0.3, -0.25) is 0 Å². The highest BCUT2D eigenvalue weighted by Crippen LogP contribution is 2.20. The smallest absolute Gasteiger partial charge is 0.161 e. The molecule has 4 heteroatoms. The molecule has 0 bridgehead atoms. The van der Waals surface area contributed by atoms with Crippen molar-refractivity contribution in [2.75, 3.05) is 19.0 Å². The van der Waals surface area contributed by atoms with E-state index in [-0.39, 0.29) is 0 Å². The topological polar surface area (TPSA) is 47.0 Å². The van der Waals surface area contributed by atoms with E-state index in [2.05, 4.69) is 35.2 Å². The molecule has 0 unspecified atom stereocenters. The van der Waals surface area contributed by atoms with E-state index in [0.29, 0.717) is 6.61 Å². The molecule has 1 aromatic carbocycles.